The van der Waals surface area contributed by atoms with Crippen LogP contribution < -0.4 is 11.1 Å². The van der Waals surface area contributed by atoms with E-state index in [2.05, 4.69) is 19.2 Å². The van der Waals surface area contributed by atoms with Gasteiger partial charge in [-0.3, -0.25) is 0 Å². The third-order valence-corrected chi connectivity index (χ3v) is 4.00. The van der Waals surface area contributed by atoms with E-state index in [9.17, 15) is 0 Å². The van der Waals surface area contributed by atoms with Crippen LogP contribution in [0.15, 0.2) is 0 Å². The van der Waals surface area contributed by atoms with E-state index in [1.54, 1.807) is 0 Å². The predicted octanol–water partition coefficient (Wildman–Crippen LogP) is 5.30. The van der Waals surface area contributed by atoms with E-state index < -0.39 is 0 Å². The molecule has 0 aliphatic carbocycles. The molecule has 0 saturated heterocycles. The molecule has 0 aromatic heterocycles. The van der Waals surface area contributed by atoms with Crippen LogP contribution in [0.25, 0.3) is 0 Å². The Morgan fingerprint density at radius 3 is 1.65 bits per heavy atom. The second-order valence-corrected chi connectivity index (χ2v) is 6.53. The lowest BCUT2D eigenvalue weighted by molar-refractivity contribution is 0.516. The summed E-state index contributed by atoms with van der Waals surface area (Å²) in [5.74, 6) is 0. The molecule has 20 heavy (non-hydrogen) atoms. The smallest absolute Gasteiger partial charge is 0.163 e. The summed E-state index contributed by atoms with van der Waals surface area (Å²) >= 11 is 4.83. The molecule has 2 nitrogen and oxygen atoms in total. The van der Waals surface area contributed by atoms with Crippen molar-refractivity contribution in [3.05, 3.63) is 0 Å². The fourth-order valence-corrected chi connectivity index (χ4v) is 2.81. The Balaban J connectivity index is 3.08. The van der Waals surface area contributed by atoms with E-state index in [1.165, 1.54) is 83.5 Å². The summed E-state index contributed by atoms with van der Waals surface area (Å²) in [5, 5.41) is 3.52. The van der Waals surface area contributed by atoms with E-state index in [0.29, 0.717) is 11.2 Å². The highest BCUT2D eigenvalue weighted by Crippen LogP contribution is 2.12. The van der Waals surface area contributed by atoms with Gasteiger partial charge in [0.15, 0.2) is 5.11 Å². The lowest BCUT2D eigenvalue weighted by Crippen LogP contribution is -2.36. The molecule has 0 aromatic carbocycles. The second-order valence-electron chi connectivity index (χ2n) is 6.09. The first-order valence-electron chi connectivity index (χ1n) is 8.72. The molecule has 120 valence electrons. The van der Waals surface area contributed by atoms with Crippen LogP contribution in [0.2, 0.25) is 0 Å². The molecule has 0 spiro atoms. The Morgan fingerprint density at radius 2 is 1.25 bits per heavy atom. The van der Waals surface area contributed by atoms with E-state index in [0.717, 1.165) is 0 Å². The maximum Gasteiger partial charge on any atom is 0.163 e. The monoisotopic (exact) mass is 300 g/mol. The quantitative estimate of drug-likeness (QED) is 0.338. The summed E-state index contributed by atoms with van der Waals surface area (Å²) in [7, 11) is 0. The van der Waals surface area contributed by atoms with Crippen LogP contribution >= 0.6 is 12.2 Å². The van der Waals surface area contributed by atoms with Crippen molar-refractivity contribution in [1.29, 1.82) is 0 Å². The molecule has 1 unspecified atom stereocenters. The average Bonchev–Trinajstić information content (AvgIpc) is 2.39. The predicted molar refractivity (Wildman–Crippen MR) is 95.1 cm³/mol. The summed E-state index contributed by atoms with van der Waals surface area (Å²) in [6.45, 7) is 4.43. The maximum absolute atomic E-state index is 5.45. The molecule has 0 bridgehead atoms. The van der Waals surface area contributed by atoms with Gasteiger partial charge in [-0.1, -0.05) is 84.0 Å². The van der Waals surface area contributed by atoms with Crippen LogP contribution in [0.4, 0.5) is 0 Å². The van der Waals surface area contributed by atoms with Crippen molar-refractivity contribution >= 4 is 17.3 Å². The van der Waals surface area contributed by atoms with Crippen molar-refractivity contribution in [1.82, 2.24) is 5.32 Å². The number of rotatable bonds is 14. The summed E-state index contributed by atoms with van der Waals surface area (Å²) < 4.78 is 0. The summed E-state index contributed by atoms with van der Waals surface area (Å²) in [6.07, 6.45) is 18.0. The fourth-order valence-electron chi connectivity index (χ4n) is 2.61. The fraction of sp³-hybridized carbons (Fsp3) is 0.941. The van der Waals surface area contributed by atoms with Crippen molar-refractivity contribution in [2.24, 2.45) is 5.73 Å². The first-order chi connectivity index (χ1) is 9.66. The first-order valence-corrected chi connectivity index (χ1v) is 9.13. The molecule has 0 radical (unpaired) electrons. The first kappa shape index (κ1) is 19.7. The van der Waals surface area contributed by atoms with Crippen LogP contribution in [0.1, 0.15) is 97.3 Å². The Labute approximate surface area is 132 Å². The topological polar surface area (TPSA) is 38.0 Å². The van der Waals surface area contributed by atoms with Crippen LogP contribution in [0, 0.1) is 0 Å². The van der Waals surface area contributed by atoms with Gasteiger partial charge >= 0.3 is 0 Å². The average molecular weight is 301 g/mol. The third-order valence-electron chi connectivity index (χ3n) is 3.88. The molecule has 1 atom stereocenters. The van der Waals surface area contributed by atoms with Gasteiger partial charge in [-0.15, -0.1) is 0 Å². The van der Waals surface area contributed by atoms with Crippen molar-refractivity contribution < 1.29 is 0 Å². The Bertz CT molecular complexity index is 219. The zero-order chi connectivity index (χ0) is 15.1. The van der Waals surface area contributed by atoms with Gasteiger partial charge in [-0.2, -0.15) is 0 Å². The van der Waals surface area contributed by atoms with Crippen LogP contribution in [0.3, 0.4) is 0 Å². The van der Waals surface area contributed by atoms with Crippen LogP contribution in [-0.2, 0) is 0 Å². The number of hydrogen-bond acceptors (Lipinski definition) is 1. The molecule has 3 N–H and O–H groups in total. The number of unbranched alkanes of at least 4 members (excludes halogenated alkanes) is 11. The van der Waals surface area contributed by atoms with Crippen molar-refractivity contribution in [3.63, 3.8) is 0 Å². The highest BCUT2D eigenvalue weighted by molar-refractivity contribution is 7.80. The highest BCUT2D eigenvalue weighted by Gasteiger charge is 2.01. The standard InChI is InChI=1S/C17H36N2S/c1-3-4-5-6-7-8-9-10-11-12-13-14-15-16(2)19-17(18)20/h16H,3-15H2,1-2H3,(H3,18,19,20). The highest BCUT2D eigenvalue weighted by atomic mass is 32.1. The number of nitrogens with two attached hydrogens (primary N) is 1. The maximum atomic E-state index is 5.45. The van der Waals surface area contributed by atoms with Gasteiger partial charge in [0.25, 0.3) is 0 Å². The minimum Gasteiger partial charge on any atom is -0.376 e. The second kappa shape index (κ2) is 15.1. The van der Waals surface area contributed by atoms with E-state index >= 15 is 0 Å². The lowest BCUT2D eigenvalue weighted by Gasteiger charge is -2.12. The van der Waals surface area contributed by atoms with Gasteiger partial charge in [0, 0.05) is 6.04 Å². The molecule has 3 heteroatoms. The van der Waals surface area contributed by atoms with Gasteiger partial charge in [0.1, 0.15) is 0 Å². The van der Waals surface area contributed by atoms with Crippen molar-refractivity contribution in [2.75, 3.05) is 0 Å². The molecular weight excluding hydrogens is 264 g/mol. The molecule has 0 amide bonds. The molecule has 0 aromatic rings. The molecule has 0 fully saturated rings. The molecule has 0 saturated carbocycles. The largest absolute Gasteiger partial charge is 0.376 e. The molecule has 0 aliphatic rings. The van der Waals surface area contributed by atoms with Crippen molar-refractivity contribution in [2.45, 2.75) is 103 Å². The number of nitrogens with one attached hydrogen (secondary N) is 1. The van der Waals surface area contributed by atoms with E-state index in [4.69, 9.17) is 18.0 Å². The lowest BCUT2D eigenvalue weighted by atomic mass is 10.0. The minimum atomic E-state index is 0.427. The van der Waals surface area contributed by atoms with Gasteiger partial charge in [-0.05, 0) is 25.6 Å². The molecule has 0 rings (SSSR count). The Hall–Kier alpha value is -0.310. The molecule has 0 aliphatic heterocycles. The van der Waals surface area contributed by atoms with Gasteiger partial charge in [0.05, 0.1) is 0 Å². The Kier molecular flexibility index (Phi) is 14.9. The minimum absolute atomic E-state index is 0.427. The Morgan fingerprint density at radius 1 is 0.850 bits per heavy atom. The SMILES string of the molecule is CCCCCCCCCCCCCCC(C)NC(N)=S. The van der Waals surface area contributed by atoms with Crippen LogP contribution in [0.5, 0.6) is 0 Å². The number of hydrogen-bond donors (Lipinski definition) is 2. The summed E-state index contributed by atoms with van der Waals surface area (Å²) in [5.41, 5.74) is 5.45. The van der Waals surface area contributed by atoms with Gasteiger partial charge in [-0.25, -0.2) is 0 Å². The normalized spacial score (nSPS) is 12.3. The van der Waals surface area contributed by atoms with Gasteiger partial charge in [0.2, 0.25) is 0 Å². The van der Waals surface area contributed by atoms with E-state index in [1.807, 2.05) is 0 Å². The summed E-state index contributed by atoms with van der Waals surface area (Å²) in [6, 6.07) is 0.427. The molecular formula is C17H36N2S. The third kappa shape index (κ3) is 15.7. The van der Waals surface area contributed by atoms with E-state index in [-0.39, 0.29) is 0 Å². The van der Waals surface area contributed by atoms with Crippen molar-refractivity contribution in [3.8, 4) is 0 Å². The number of thiocarbonyl (C=S) groups is 1. The van der Waals surface area contributed by atoms with Crippen LogP contribution in [-0.4, -0.2) is 11.2 Å². The van der Waals surface area contributed by atoms with Gasteiger partial charge < -0.3 is 11.1 Å². The summed E-state index contributed by atoms with van der Waals surface area (Å²) in [4.78, 5) is 0. The zero-order valence-electron chi connectivity index (χ0n) is 13.8. The molecule has 0 heterocycles. The zero-order valence-corrected chi connectivity index (χ0v) is 14.6.